The van der Waals surface area contributed by atoms with Gasteiger partial charge in [0, 0.05) is 18.7 Å². The Hall–Kier alpha value is -2.41. The lowest BCUT2D eigenvalue weighted by molar-refractivity contribution is 0.122. The molecule has 1 fully saturated rings. The molecule has 120 valence electrons. The first kappa shape index (κ1) is 14.2. The second-order valence-electron chi connectivity index (χ2n) is 5.43. The minimum Gasteiger partial charge on any atom is -0.485 e. The molecule has 1 aromatic carbocycles. The SMILES string of the molecule is Fc1cccc(-c2nc3c(c(N4CCOCC4)n2)OCCN3)c1. The number of ether oxygens (including phenoxy) is 2. The lowest BCUT2D eigenvalue weighted by Crippen LogP contribution is -2.37. The van der Waals surface area contributed by atoms with E-state index < -0.39 is 0 Å². The number of hydrogen-bond donors (Lipinski definition) is 1. The fourth-order valence-corrected chi connectivity index (χ4v) is 2.76. The van der Waals surface area contributed by atoms with Gasteiger partial charge in [0.2, 0.25) is 5.75 Å². The molecule has 0 saturated carbocycles. The first-order chi connectivity index (χ1) is 11.3. The van der Waals surface area contributed by atoms with Crippen LogP contribution in [0, 0.1) is 5.82 Å². The zero-order chi connectivity index (χ0) is 15.6. The lowest BCUT2D eigenvalue weighted by Gasteiger charge is -2.31. The monoisotopic (exact) mass is 316 g/mol. The van der Waals surface area contributed by atoms with Crippen molar-refractivity contribution < 1.29 is 13.9 Å². The Morgan fingerprint density at radius 1 is 1.13 bits per heavy atom. The predicted octanol–water partition coefficient (Wildman–Crippen LogP) is 1.92. The Labute approximate surface area is 133 Å². The van der Waals surface area contributed by atoms with Crippen LogP contribution in [-0.4, -0.2) is 49.4 Å². The number of nitrogens with one attached hydrogen (secondary N) is 1. The summed E-state index contributed by atoms with van der Waals surface area (Å²) in [6.07, 6.45) is 0. The maximum atomic E-state index is 13.5. The van der Waals surface area contributed by atoms with E-state index in [0.717, 1.165) is 18.9 Å². The summed E-state index contributed by atoms with van der Waals surface area (Å²) < 4.78 is 24.7. The summed E-state index contributed by atoms with van der Waals surface area (Å²) in [5.41, 5.74) is 0.648. The minimum atomic E-state index is -0.305. The quantitative estimate of drug-likeness (QED) is 0.913. The van der Waals surface area contributed by atoms with Gasteiger partial charge in [0.1, 0.15) is 12.4 Å². The fraction of sp³-hybridized carbons (Fsp3) is 0.375. The summed E-state index contributed by atoms with van der Waals surface area (Å²) >= 11 is 0. The van der Waals surface area contributed by atoms with Gasteiger partial charge in [-0.25, -0.2) is 14.4 Å². The maximum absolute atomic E-state index is 13.5. The highest BCUT2D eigenvalue weighted by Crippen LogP contribution is 2.37. The highest BCUT2D eigenvalue weighted by Gasteiger charge is 2.25. The van der Waals surface area contributed by atoms with Crippen LogP contribution in [0.4, 0.5) is 16.0 Å². The second kappa shape index (κ2) is 6.00. The van der Waals surface area contributed by atoms with Gasteiger partial charge in [-0.05, 0) is 12.1 Å². The Bertz CT molecular complexity index is 719. The van der Waals surface area contributed by atoms with Gasteiger partial charge in [0.15, 0.2) is 17.5 Å². The van der Waals surface area contributed by atoms with Crippen LogP contribution in [0.3, 0.4) is 0 Å². The molecule has 1 saturated heterocycles. The van der Waals surface area contributed by atoms with Gasteiger partial charge in [-0.1, -0.05) is 12.1 Å². The van der Waals surface area contributed by atoms with E-state index in [1.807, 2.05) is 0 Å². The molecule has 2 aliphatic heterocycles. The van der Waals surface area contributed by atoms with Crippen LogP contribution >= 0.6 is 0 Å². The first-order valence-corrected chi connectivity index (χ1v) is 7.68. The minimum absolute atomic E-state index is 0.305. The highest BCUT2D eigenvalue weighted by molar-refractivity contribution is 5.71. The van der Waals surface area contributed by atoms with E-state index in [0.29, 0.717) is 49.3 Å². The van der Waals surface area contributed by atoms with Crippen molar-refractivity contribution in [2.45, 2.75) is 0 Å². The van der Waals surface area contributed by atoms with Crippen molar-refractivity contribution in [3.63, 3.8) is 0 Å². The van der Waals surface area contributed by atoms with Crippen molar-refractivity contribution in [3.8, 4) is 17.1 Å². The average Bonchev–Trinajstić information content (AvgIpc) is 2.61. The number of nitrogens with zero attached hydrogens (tertiary/aromatic N) is 3. The van der Waals surface area contributed by atoms with Gasteiger partial charge in [0.25, 0.3) is 0 Å². The zero-order valence-corrected chi connectivity index (χ0v) is 12.6. The summed E-state index contributed by atoms with van der Waals surface area (Å²) in [6, 6.07) is 6.31. The topological polar surface area (TPSA) is 59.5 Å². The van der Waals surface area contributed by atoms with Gasteiger partial charge < -0.3 is 19.7 Å². The molecular formula is C16H17FN4O2. The third-order valence-corrected chi connectivity index (χ3v) is 3.88. The largest absolute Gasteiger partial charge is 0.485 e. The predicted molar refractivity (Wildman–Crippen MR) is 84.4 cm³/mol. The van der Waals surface area contributed by atoms with Gasteiger partial charge in [0.05, 0.1) is 19.8 Å². The molecule has 0 aliphatic carbocycles. The molecule has 1 N–H and O–H groups in total. The summed E-state index contributed by atoms with van der Waals surface area (Å²) in [4.78, 5) is 11.3. The molecular weight excluding hydrogens is 299 g/mol. The molecule has 0 spiro atoms. The van der Waals surface area contributed by atoms with E-state index in [2.05, 4.69) is 20.2 Å². The zero-order valence-electron chi connectivity index (χ0n) is 12.6. The average molecular weight is 316 g/mol. The van der Waals surface area contributed by atoms with E-state index in [-0.39, 0.29) is 5.82 Å². The molecule has 0 bridgehead atoms. The lowest BCUT2D eigenvalue weighted by atomic mass is 10.2. The van der Waals surface area contributed by atoms with Crippen LogP contribution in [0.25, 0.3) is 11.4 Å². The molecule has 7 heteroatoms. The smallest absolute Gasteiger partial charge is 0.204 e. The third kappa shape index (κ3) is 2.79. The maximum Gasteiger partial charge on any atom is 0.204 e. The molecule has 0 amide bonds. The van der Waals surface area contributed by atoms with Crippen LogP contribution in [0.5, 0.6) is 5.75 Å². The Kier molecular flexibility index (Phi) is 3.70. The number of rotatable bonds is 2. The van der Waals surface area contributed by atoms with E-state index in [9.17, 15) is 4.39 Å². The van der Waals surface area contributed by atoms with Crippen LogP contribution < -0.4 is 15.0 Å². The first-order valence-electron chi connectivity index (χ1n) is 7.68. The van der Waals surface area contributed by atoms with Crippen molar-refractivity contribution in [2.75, 3.05) is 49.7 Å². The van der Waals surface area contributed by atoms with Gasteiger partial charge in [-0.3, -0.25) is 0 Å². The van der Waals surface area contributed by atoms with Crippen molar-refractivity contribution >= 4 is 11.6 Å². The standard InChI is InChI=1S/C16H17FN4O2/c17-12-3-1-2-11(10-12)14-19-15-13(23-7-4-18-15)16(20-14)21-5-8-22-9-6-21/h1-3,10H,4-9H2,(H,18,19,20). The van der Waals surface area contributed by atoms with Gasteiger partial charge in [-0.2, -0.15) is 0 Å². The number of hydrogen-bond acceptors (Lipinski definition) is 6. The number of halogens is 1. The van der Waals surface area contributed by atoms with Gasteiger partial charge >= 0.3 is 0 Å². The van der Waals surface area contributed by atoms with Crippen molar-refractivity contribution in [1.29, 1.82) is 0 Å². The van der Waals surface area contributed by atoms with Crippen molar-refractivity contribution in [1.82, 2.24) is 9.97 Å². The Morgan fingerprint density at radius 3 is 2.83 bits per heavy atom. The van der Waals surface area contributed by atoms with E-state index in [4.69, 9.17) is 9.47 Å². The highest BCUT2D eigenvalue weighted by atomic mass is 19.1. The molecule has 4 rings (SSSR count). The number of anilines is 2. The third-order valence-electron chi connectivity index (χ3n) is 3.88. The van der Waals surface area contributed by atoms with Crippen molar-refractivity contribution in [3.05, 3.63) is 30.1 Å². The molecule has 0 unspecified atom stereocenters. The molecule has 0 radical (unpaired) electrons. The van der Waals surface area contributed by atoms with E-state index in [1.54, 1.807) is 12.1 Å². The summed E-state index contributed by atoms with van der Waals surface area (Å²) in [5.74, 6) is 2.25. The molecule has 6 nitrogen and oxygen atoms in total. The van der Waals surface area contributed by atoms with Crippen LogP contribution in [0.15, 0.2) is 24.3 Å². The van der Waals surface area contributed by atoms with Crippen LogP contribution in [0.1, 0.15) is 0 Å². The van der Waals surface area contributed by atoms with Crippen molar-refractivity contribution in [2.24, 2.45) is 0 Å². The number of fused-ring (bicyclic) bond motifs is 1. The Balaban J connectivity index is 1.81. The fourth-order valence-electron chi connectivity index (χ4n) is 2.76. The van der Waals surface area contributed by atoms with Crippen LogP contribution in [0.2, 0.25) is 0 Å². The molecule has 2 aromatic rings. The van der Waals surface area contributed by atoms with E-state index >= 15 is 0 Å². The Morgan fingerprint density at radius 2 is 2.00 bits per heavy atom. The number of morpholine rings is 1. The number of aromatic nitrogens is 2. The number of benzene rings is 1. The summed E-state index contributed by atoms with van der Waals surface area (Å²) in [5, 5.41) is 3.24. The molecule has 23 heavy (non-hydrogen) atoms. The second-order valence-corrected chi connectivity index (χ2v) is 5.43. The van der Waals surface area contributed by atoms with Gasteiger partial charge in [-0.15, -0.1) is 0 Å². The normalized spacial score (nSPS) is 17.2. The molecule has 2 aliphatic rings. The van der Waals surface area contributed by atoms with E-state index in [1.165, 1.54) is 12.1 Å². The van der Waals surface area contributed by atoms with Crippen LogP contribution in [-0.2, 0) is 4.74 Å². The molecule has 3 heterocycles. The summed E-state index contributed by atoms with van der Waals surface area (Å²) in [6.45, 7) is 4.07. The molecule has 0 atom stereocenters. The summed E-state index contributed by atoms with van der Waals surface area (Å²) in [7, 11) is 0. The molecule has 1 aromatic heterocycles.